The van der Waals surface area contributed by atoms with Gasteiger partial charge in [-0.15, -0.1) is 0 Å². The van der Waals surface area contributed by atoms with Crippen molar-refractivity contribution in [3.63, 3.8) is 0 Å². The smallest absolute Gasteiger partial charge is 0.255 e. The molecule has 0 aliphatic carbocycles. The Morgan fingerprint density at radius 2 is 1.79 bits per heavy atom. The summed E-state index contributed by atoms with van der Waals surface area (Å²) in [6, 6.07) is 10.9. The third-order valence-corrected chi connectivity index (χ3v) is 7.05. The highest BCUT2D eigenvalue weighted by atomic mass is 35.5. The number of anilines is 1. The number of carbonyl (C=O) groups is 1. The largest absolute Gasteiger partial charge is 0.495 e. The molecule has 0 aromatic heterocycles. The van der Waals surface area contributed by atoms with Crippen LogP contribution in [0, 0.1) is 5.92 Å². The van der Waals surface area contributed by atoms with Gasteiger partial charge in [0.15, 0.2) is 0 Å². The van der Waals surface area contributed by atoms with Crippen LogP contribution in [-0.2, 0) is 10.0 Å². The van der Waals surface area contributed by atoms with E-state index in [0.29, 0.717) is 41.0 Å². The van der Waals surface area contributed by atoms with Gasteiger partial charge in [0.25, 0.3) is 5.91 Å². The van der Waals surface area contributed by atoms with Gasteiger partial charge in [-0.2, -0.15) is 4.31 Å². The van der Waals surface area contributed by atoms with Gasteiger partial charge in [-0.05, 0) is 61.2 Å². The molecule has 0 unspecified atom stereocenters. The summed E-state index contributed by atoms with van der Waals surface area (Å²) in [7, 11) is -2.04. The number of sulfonamides is 1. The highest BCUT2D eigenvalue weighted by molar-refractivity contribution is 7.89. The van der Waals surface area contributed by atoms with E-state index in [2.05, 4.69) is 12.2 Å². The number of piperidine rings is 1. The van der Waals surface area contributed by atoms with Crippen molar-refractivity contribution >= 4 is 33.2 Å². The molecule has 8 heteroatoms. The summed E-state index contributed by atoms with van der Waals surface area (Å²) in [5, 5.41) is 3.20. The van der Waals surface area contributed by atoms with Crippen LogP contribution in [0.2, 0.25) is 5.02 Å². The van der Waals surface area contributed by atoms with Crippen molar-refractivity contribution in [1.29, 1.82) is 0 Å². The molecule has 3 rings (SSSR count). The standard InChI is InChI=1S/C20H23ClN2O4S/c1-14-9-11-23(12-10-14)28(25,26)17-6-3-15(4-7-17)20(24)22-18-13-16(21)5-8-19(18)27-2/h3-8,13-14H,9-12H2,1-2H3,(H,22,24). The summed E-state index contributed by atoms with van der Waals surface area (Å²) >= 11 is 5.98. The third kappa shape index (κ3) is 4.48. The predicted molar refractivity (Wildman–Crippen MR) is 110 cm³/mol. The summed E-state index contributed by atoms with van der Waals surface area (Å²) < 4.78 is 32.3. The van der Waals surface area contributed by atoms with Crippen LogP contribution < -0.4 is 10.1 Å². The summed E-state index contributed by atoms with van der Waals surface area (Å²) in [6.45, 7) is 3.19. The maximum Gasteiger partial charge on any atom is 0.255 e. The molecule has 1 heterocycles. The molecular formula is C20H23ClN2O4S. The fraction of sp³-hybridized carbons (Fsp3) is 0.350. The number of ether oxygens (including phenoxy) is 1. The van der Waals surface area contributed by atoms with Gasteiger partial charge in [-0.25, -0.2) is 8.42 Å². The SMILES string of the molecule is COc1ccc(Cl)cc1NC(=O)c1ccc(S(=O)(=O)N2CCC(C)CC2)cc1. The van der Waals surface area contributed by atoms with E-state index < -0.39 is 10.0 Å². The topological polar surface area (TPSA) is 75.7 Å². The lowest BCUT2D eigenvalue weighted by Crippen LogP contribution is -2.37. The molecule has 1 aliphatic rings. The second-order valence-electron chi connectivity index (χ2n) is 6.91. The Morgan fingerprint density at radius 1 is 1.14 bits per heavy atom. The van der Waals surface area contributed by atoms with E-state index in [1.54, 1.807) is 18.2 Å². The highest BCUT2D eigenvalue weighted by Gasteiger charge is 2.28. The molecule has 0 saturated carbocycles. The Bertz CT molecular complexity index is 953. The van der Waals surface area contributed by atoms with E-state index in [1.807, 2.05) is 0 Å². The zero-order valence-electron chi connectivity index (χ0n) is 15.8. The number of halogens is 1. The van der Waals surface area contributed by atoms with E-state index in [4.69, 9.17) is 16.3 Å². The number of methoxy groups -OCH3 is 1. The minimum absolute atomic E-state index is 0.193. The number of carbonyl (C=O) groups excluding carboxylic acids is 1. The molecule has 1 aliphatic heterocycles. The van der Waals surface area contributed by atoms with E-state index >= 15 is 0 Å². The zero-order chi connectivity index (χ0) is 20.3. The van der Waals surface area contributed by atoms with Crippen LogP contribution in [0.5, 0.6) is 5.75 Å². The summed E-state index contributed by atoms with van der Waals surface area (Å²) in [4.78, 5) is 12.7. The number of hydrogen-bond acceptors (Lipinski definition) is 4. The lowest BCUT2D eigenvalue weighted by atomic mass is 10.0. The van der Waals surface area contributed by atoms with Crippen LogP contribution in [0.1, 0.15) is 30.1 Å². The van der Waals surface area contributed by atoms with Gasteiger partial charge in [-0.3, -0.25) is 4.79 Å². The Hall–Kier alpha value is -2.09. The van der Waals surface area contributed by atoms with Gasteiger partial charge < -0.3 is 10.1 Å². The van der Waals surface area contributed by atoms with Crippen molar-refractivity contribution in [3.8, 4) is 5.75 Å². The van der Waals surface area contributed by atoms with E-state index in [0.717, 1.165) is 12.8 Å². The molecule has 1 fully saturated rings. The van der Waals surface area contributed by atoms with Crippen LogP contribution in [-0.4, -0.2) is 38.8 Å². The molecule has 6 nitrogen and oxygen atoms in total. The fourth-order valence-corrected chi connectivity index (χ4v) is 4.77. The van der Waals surface area contributed by atoms with Crippen molar-refractivity contribution in [3.05, 3.63) is 53.1 Å². The van der Waals surface area contributed by atoms with Crippen LogP contribution >= 0.6 is 11.6 Å². The molecule has 150 valence electrons. The van der Waals surface area contributed by atoms with Gasteiger partial charge in [0, 0.05) is 23.7 Å². The molecular weight excluding hydrogens is 400 g/mol. The molecule has 1 N–H and O–H groups in total. The molecule has 0 bridgehead atoms. The van der Waals surface area contributed by atoms with Crippen LogP contribution in [0.4, 0.5) is 5.69 Å². The summed E-state index contributed by atoms with van der Waals surface area (Å²) in [6.07, 6.45) is 1.72. The zero-order valence-corrected chi connectivity index (χ0v) is 17.4. The number of amides is 1. The quantitative estimate of drug-likeness (QED) is 0.789. The van der Waals surface area contributed by atoms with Gasteiger partial charge in [0.1, 0.15) is 5.75 Å². The lowest BCUT2D eigenvalue weighted by molar-refractivity contribution is 0.102. The number of hydrogen-bond donors (Lipinski definition) is 1. The lowest BCUT2D eigenvalue weighted by Gasteiger charge is -2.29. The van der Waals surface area contributed by atoms with Crippen molar-refractivity contribution in [2.24, 2.45) is 5.92 Å². The van der Waals surface area contributed by atoms with Gasteiger partial charge in [-0.1, -0.05) is 18.5 Å². The van der Waals surface area contributed by atoms with Crippen molar-refractivity contribution in [2.75, 3.05) is 25.5 Å². The first-order chi connectivity index (χ1) is 13.3. The second kappa shape index (κ2) is 8.51. The third-order valence-electron chi connectivity index (χ3n) is 4.91. The first-order valence-electron chi connectivity index (χ1n) is 9.06. The van der Waals surface area contributed by atoms with E-state index in [9.17, 15) is 13.2 Å². The Balaban J connectivity index is 1.75. The van der Waals surface area contributed by atoms with Crippen LogP contribution in [0.25, 0.3) is 0 Å². The normalized spacial score (nSPS) is 16.0. The molecule has 1 amide bonds. The minimum Gasteiger partial charge on any atom is -0.495 e. The monoisotopic (exact) mass is 422 g/mol. The Morgan fingerprint density at radius 3 is 2.39 bits per heavy atom. The maximum absolute atomic E-state index is 12.8. The average molecular weight is 423 g/mol. The van der Waals surface area contributed by atoms with E-state index in [-0.39, 0.29) is 10.8 Å². The first kappa shape index (κ1) is 20.6. The molecule has 0 spiro atoms. The minimum atomic E-state index is -3.54. The molecule has 0 radical (unpaired) electrons. The fourth-order valence-electron chi connectivity index (χ4n) is 3.12. The number of benzene rings is 2. The highest BCUT2D eigenvalue weighted by Crippen LogP contribution is 2.28. The molecule has 28 heavy (non-hydrogen) atoms. The number of nitrogens with one attached hydrogen (secondary N) is 1. The molecule has 1 saturated heterocycles. The van der Waals surface area contributed by atoms with Crippen molar-refractivity contribution < 1.29 is 17.9 Å². The van der Waals surface area contributed by atoms with Gasteiger partial charge in [0.05, 0.1) is 17.7 Å². The Kier molecular flexibility index (Phi) is 6.27. The maximum atomic E-state index is 12.8. The van der Waals surface area contributed by atoms with Gasteiger partial charge in [0.2, 0.25) is 10.0 Å². The first-order valence-corrected chi connectivity index (χ1v) is 10.9. The van der Waals surface area contributed by atoms with Crippen LogP contribution in [0.3, 0.4) is 0 Å². The number of rotatable bonds is 5. The van der Waals surface area contributed by atoms with Gasteiger partial charge >= 0.3 is 0 Å². The molecule has 2 aromatic carbocycles. The summed E-state index contributed by atoms with van der Waals surface area (Å²) in [5.41, 5.74) is 0.785. The van der Waals surface area contributed by atoms with Crippen molar-refractivity contribution in [1.82, 2.24) is 4.31 Å². The Labute approximate surface area is 170 Å². The molecule has 0 atom stereocenters. The van der Waals surface area contributed by atoms with E-state index in [1.165, 1.54) is 35.7 Å². The van der Waals surface area contributed by atoms with Crippen LogP contribution in [0.15, 0.2) is 47.4 Å². The second-order valence-corrected chi connectivity index (χ2v) is 9.28. The molecule has 2 aromatic rings. The summed E-state index contributed by atoms with van der Waals surface area (Å²) in [5.74, 6) is 0.647. The number of nitrogens with zero attached hydrogens (tertiary/aromatic N) is 1. The van der Waals surface area contributed by atoms with Crippen molar-refractivity contribution in [2.45, 2.75) is 24.7 Å². The predicted octanol–water partition coefficient (Wildman–Crippen LogP) is 4.02. The average Bonchev–Trinajstić information content (AvgIpc) is 2.68.